The minimum atomic E-state index is -0.163. The molecule has 0 bridgehead atoms. The fraction of sp³-hybridized carbons (Fsp3) is 0.588. The minimum absolute atomic E-state index is 0.163. The monoisotopic (exact) mass is 275 g/mol. The highest BCUT2D eigenvalue weighted by Crippen LogP contribution is 2.25. The minimum Gasteiger partial charge on any atom is -0.198 e. The van der Waals surface area contributed by atoms with E-state index in [0.717, 1.165) is 18.6 Å². The summed E-state index contributed by atoms with van der Waals surface area (Å²) in [4.78, 5) is 1.35. The molecule has 0 spiro atoms. The molecule has 2 heteroatoms. The lowest BCUT2D eigenvalue weighted by Crippen LogP contribution is -2.07. The average molecular weight is 275 g/mol. The number of hydrogen-bond donors (Lipinski definition) is 0. The number of rotatable bonds is 7. The zero-order valence-electron chi connectivity index (χ0n) is 12.6. The van der Waals surface area contributed by atoms with E-state index in [0.29, 0.717) is 5.92 Å². The van der Waals surface area contributed by atoms with E-state index in [2.05, 4.69) is 44.2 Å². The Morgan fingerprint density at radius 3 is 2.32 bits per heavy atom. The van der Waals surface area contributed by atoms with Crippen LogP contribution in [0, 0.1) is 16.7 Å². The van der Waals surface area contributed by atoms with Crippen molar-refractivity contribution in [1.82, 2.24) is 0 Å². The lowest BCUT2D eigenvalue weighted by Gasteiger charge is -2.14. The molecule has 0 saturated carbocycles. The molecule has 0 saturated heterocycles. The third kappa shape index (κ3) is 6.16. The van der Waals surface area contributed by atoms with Gasteiger partial charge in [-0.1, -0.05) is 32.4 Å². The van der Waals surface area contributed by atoms with Gasteiger partial charge in [-0.2, -0.15) is 5.26 Å². The van der Waals surface area contributed by atoms with Gasteiger partial charge < -0.3 is 0 Å². The van der Waals surface area contributed by atoms with Crippen LogP contribution in [0.4, 0.5) is 0 Å². The van der Waals surface area contributed by atoms with Crippen LogP contribution in [0.5, 0.6) is 0 Å². The molecule has 0 N–H and O–H groups in total. The number of thioether (sulfide) groups is 1. The van der Waals surface area contributed by atoms with Gasteiger partial charge in [0.05, 0.1) is 11.5 Å². The van der Waals surface area contributed by atoms with Crippen molar-refractivity contribution in [3.05, 3.63) is 29.8 Å². The molecule has 0 fully saturated rings. The van der Waals surface area contributed by atoms with E-state index < -0.39 is 0 Å². The molecule has 104 valence electrons. The van der Waals surface area contributed by atoms with Crippen molar-refractivity contribution < 1.29 is 0 Å². The molecule has 0 aliphatic carbocycles. The van der Waals surface area contributed by atoms with Crippen LogP contribution in [-0.4, -0.2) is 5.75 Å². The Morgan fingerprint density at radius 1 is 1.16 bits per heavy atom. The van der Waals surface area contributed by atoms with Gasteiger partial charge in [-0.15, -0.1) is 11.8 Å². The largest absolute Gasteiger partial charge is 0.198 e. The quantitative estimate of drug-likeness (QED) is 0.476. The number of nitrogens with zero attached hydrogens (tertiary/aromatic N) is 1. The summed E-state index contributed by atoms with van der Waals surface area (Å²) in [5.41, 5.74) is 1.24. The van der Waals surface area contributed by atoms with Crippen molar-refractivity contribution in [3.8, 4) is 6.07 Å². The van der Waals surface area contributed by atoms with Crippen LogP contribution in [0.3, 0.4) is 0 Å². The van der Waals surface area contributed by atoms with Gasteiger partial charge in [0.15, 0.2) is 0 Å². The molecule has 1 rings (SSSR count). The Kier molecular flexibility index (Phi) is 6.45. The summed E-state index contributed by atoms with van der Waals surface area (Å²) in [6, 6.07) is 11.3. The first kappa shape index (κ1) is 16.1. The van der Waals surface area contributed by atoms with Crippen LogP contribution in [0.25, 0.3) is 0 Å². The lowest BCUT2D eigenvalue weighted by atomic mass is 9.89. The summed E-state index contributed by atoms with van der Waals surface area (Å²) in [5, 5.41) is 8.94. The molecule has 1 aromatic rings. The van der Waals surface area contributed by atoms with Crippen LogP contribution < -0.4 is 0 Å². The zero-order valence-corrected chi connectivity index (χ0v) is 13.4. The highest BCUT2D eigenvalue weighted by molar-refractivity contribution is 7.99. The smallest absolute Gasteiger partial charge is 0.0683 e. The SMILES string of the molecule is CC(C)c1ccc(SCCCCC(C)(C)C#N)cc1. The summed E-state index contributed by atoms with van der Waals surface area (Å²) >= 11 is 1.92. The van der Waals surface area contributed by atoms with Crippen LogP contribution in [0.15, 0.2) is 29.2 Å². The summed E-state index contributed by atoms with van der Waals surface area (Å²) in [5.74, 6) is 1.75. The highest BCUT2D eigenvalue weighted by Gasteiger charge is 2.15. The van der Waals surface area contributed by atoms with Crippen molar-refractivity contribution in [2.45, 2.75) is 57.8 Å². The van der Waals surface area contributed by atoms with E-state index in [1.165, 1.54) is 16.9 Å². The molecular formula is C17H25NS. The zero-order chi connectivity index (χ0) is 14.3. The maximum atomic E-state index is 8.94. The van der Waals surface area contributed by atoms with Crippen molar-refractivity contribution in [3.63, 3.8) is 0 Å². The predicted octanol–water partition coefficient (Wildman–Crippen LogP) is 5.62. The summed E-state index contributed by atoms with van der Waals surface area (Å²) in [6.07, 6.45) is 3.32. The van der Waals surface area contributed by atoms with Crippen LogP contribution in [-0.2, 0) is 0 Å². The van der Waals surface area contributed by atoms with Gasteiger partial charge in [0.1, 0.15) is 0 Å². The third-order valence-corrected chi connectivity index (χ3v) is 4.41. The average Bonchev–Trinajstić information content (AvgIpc) is 2.39. The van der Waals surface area contributed by atoms with Crippen LogP contribution in [0.2, 0.25) is 0 Å². The molecule has 0 aromatic heterocycles. The van der Waals surface area contributed by atoms with Crippen molar-refractivity contribution in [1.29, 1.82) is 5.26 Å². The molecular weight excluding hydrogens is 250 g/mol. The van der Waals surface area contributed by atoms with Crippen LogP contribution >= 0.6 is 11.8 Å². The highest BCUT2D eigenvalue weighted by atomic mass is 32.2. The number of benzene rings is 1. The number of unbranched alkanes of at least 4 members (excludes halogenated alkanes) is 1. The second kappa shape index (κ2) is 7.60. The number of nitriles is 1. The summed E-state index contributed by atoms with van der Waals surface area (Å²) < 4.78 is 0. The molecule has 1 nitrogen and oxygen atoms in total. The van der Waals surface area contributed by atoms with E-state index in [4.69, 9.17) is 5.26 Å². The van der Waals surface area contributed by atoms with Crippen molar-refractivity contribution in [2.75, 3.05) is 5.75 Å². The standard InChI is InChI=1S/C17H25NS/c1-14(2)15-7-9-16(10-8-15)19-12-6-5-11-17(3,4)13-18/h7-10,14H,5-6,11-12H2,1-4H3. The van der Waals surface area contributed by atoms with Gasteiger partial charge >= 0.3 is 0 Å². The normalized spacial score (nSPS) is 11.6. The first-order chi connectivity index (χ1) is 8.94. The van der Waals surface area contributed by atoms with Crippen molar-refractivity contribution >= 4 is 11.8 Å². The fourth-order valence-corrected chi connectivity index (χ4v) is 2.78. The Labute approximate surface area is 122 Å². The van der Waals surface area contributed by atoms with Gasteiger partial charge in [0.2, 0.25) is 0 Å². The van der Waals surface area contributed by atoms with Gasteiger partial charge in [0, 0.05) is 4.90 Å². The van der Waals surface area contributed by atoms with E-state index in [9.17, 15) is 0 Å². The molecule has 0 aliphatic rings. The topological polar surface area (TPSA) is 23.8 Å². The fourth-order valence-electron chi connectivity index (χ4n) is 1.86. The van der Waals surface area contributed by atoms with Gasteiger partial charge in [-0.25, -0.2) is 0 Å². The molecule has 0 unspecified atom stereocenters. The molecule has 0 amide bonds. The van der Waals surface area contributed by atoms with E-state index in [1.807, 2.05) is 25.6 Å². The van der Waals surface area contributed by atoms with Gasteiger partial charge in [0.25, 0.3) is 0 Å². The van der Waals surface area contributed by atoms with E-state index in [1.54, 1.807) is 0 Å². The summed E-state index contributed by atoms with van der Waals surface area (Å²) in [7, 11) is 0. The summed E-state index contributed by atoms with van der Waals surface area (Å²) in [6.45, 7) is 8.48. The van der Waals surface area contributed by atoms with Gasteiger partial charge in [-0.05, 0) is 56.1 Å². The second-order valence-corrected chi connectivity index (χ2v) is 7.19. The maximum Gasteiger partial charge on any atom is 0.0683 e. The van der Waals surface area contributed by atoms with E-state index >= 15 is 0 Å². The Balaban J connectivity index is 2.25. The third-order valence-electron chi connectivity index (χ3n) is 3.31. The predicted molar refractivity (Wildman–Crippen MR) is 84.5 cm³/mol. The number of hydrogen-bond acceptors (Lipinski definition) is 2. The first-order valence-corrected chi connectivity index (χ1v) is 8.07. The van der Waals surface area contributed by atoms with Crippen molar-refractivity contribution in [2.24, 2.45) is 5.41 Å². The molecule has 19 heavy (non-hydrogen) atoms. The molecule has 0 atom stereocenters. The molecule has 0 radical (unpaired) electrons. The maximum absolute atomic E-state index is 8.94. The van der Waals surface area contributed by atoms with Gasteiger partial charge in [-0.3, -0.25) is 0 Å². The lowest BCUT2D eigenvalue weighted by molar-refractivity contribution is 0.433. The Hall–Kier alpha value is -0.940. The Morgan fingerprint density at radius 2 is 1.79 bits per heavy atom. The second-order valence-electron chi connectivity index (χ2n) is 6.02. The molecule has 1 aromatic carbocycles. The first-order valence-electron chi connectivity index (χ1n) is 7.08. The molecule has 0 aliphatic heterocycles. The Bertz CT molecular complexity index is 412. The van der Waals surface area contributed by atoms with E-state index in [-0.39, 0.29) is 5.41 Å². The molecule has 0 heterocycles. The van der Waals surface area contributed by atoms with Crippen LogP contribution in [0.1, 0.15) is 58.4 Å².